The number of amides is 1. The summed E-state index contributed by atoms with van der Waals surface area (Å²) < 4.78 is 4.94. The van der Waals surface area contributed by atoms with Crippen molar-refractivity contribution in [3.63, 3.8) is 0 Å². The molecular formula is C25H25NO3S. The van der Waals surface area contributed by atoms with Crippen molar-refractivity contribution in [2.75, 3.05) is 12.9 Å². The van der Waals surface area contributed by atoms with E-state index in [2.05, 4.69) is 5.32 Å². The molecule has 0 aromatic heterocycles. The molecule has 1 amide bonds. The van der Waals surface area contributed by atoms with Crippen LogP contribution in [0.5, 0.6) is 0 Å². The van der Waals surface area contributed by atoms with Crippen LogP contribution >= 0.6 is 11.8 Å². The Morgan fingerprint density at radius 1 is 0.833 bits per heavy atom. The van der Waals surface area contributed by atoms with Crippen LogP contribution in [0, 0.1) is 0 Å². The lowest BCUT2D eigenvalue weighted by molar-refractivity contribution is -0.144. The molecule has 0 saturated heterocycles. The van der Waals surface area contributed by atoms with E-state index in [1.165, 1.54) is 12.7 Å². The highest BCUT2D eigenvalue weighted by atomic mass is 32.2. The van der Waals surface area contributed by atoms with Crippen molar-refractivity contribution >= 4 is 23.6 Å². The topological polar surface area (TPSA) is 55.4 Å². The van der Waals surface area contributed by atoms with Crippen molar-refractivity contribution in [1.29, 1.82) is 0 Å². The smallest absolute Gasteiger partial charge is 0.329 e. The van der Waals surface area contributed by atoms with Gasteiger partial charge in [-0.3, -0.25) is 4.79 Å². The molecule has 3 rings (SSSR count). The first-order chi connectivity index (χ1) is 14.7. The van der Waals surface area contributed by atoms with E-state index in [0.29, 0.717) is 5.75 Å². The lowest BCUT2D eigenvalue weighted by atomic mass is 9.90. The number of carbonyl (C=O) groups excluding carboxylic acids is 2. The van der Waals surface area contributed by atoms with Gasteiger partial charge in [0.2, 0.25) is 5.91 Å². The average Bonchev–Trinajstić information content (AvgIpc) is 2.80. The predicted molar refractivity (Wildman–Crippen MR) is 121 cm³/mol. The Balaban J connectivity index is 1.74. The quantitative estimate of drug-likeness (QED) is 0.522. The molecule has 0 fully saturated rings. The van der Waals surface area contributed by atoms with E-state index in [0.717, 1.165) is 16.9 Å². The van der Waals surface area contributed by atoms with Crippen molar-refractivity contribution in [3.8, 4) is 0 Å². The van der Waals surface area contributed by atoms with Crippen LogP contribution in [0.3, 0.4) is 0 Å². The summed E-state index contributed by atoms with van der Waals surface area (Å²) >= 11 is 1.59. The number of hydrogen-bond donors (Lipinski definition) is 1. The summed E-state index contributed by atoms with van der Waals surface area (Å²) in [5, 5.41) is 2.92. The first-order valence-corrected chi connectivity index (χ1v) is 10.9. The molecule has 0 bridgehead atoms. The van der Waals surface area contributed by atoms with Crippen molar-refractivity contribution in [2.45, 2.75) is 17.7 Å². The second kappa shape index (κ2) is 11.2. The molecule has 1 N–H and O–H groups in total. The lowest BCUT2D eigenvalue weighted by Gasteiger charge is -2.22. The summed E-state index contributed by atoms with van der Waals surface area (Å²) in [5.41, 5.74) is 2.92. The minimum absolute atomic E-state index is 0.219. The Bertz CT molecular complexity index is 893. The Morgan fingerprint density at radius 2 is 1.33 bits per heavy atom. The molecule has 5 heteroatoms. The van der Waals surface area contributed by atoms with Crippen LogP contribution in [-0.2, 0) is 20.1 Å². The Hall–Kier alpha value is -3.05. The molecule has 154 valence electrons. The molecule has 30 heavy (non-hydrogen) atoms. The second-order valence-corrected chi connectivity index (χ2v) is 7.87. The zero-order chi connectivity index (χ0) is 21.2. The number of ether oxygens (including phenoxy) is 1. The number of nitrogens with one attached hydrogen (secondary N) is 1. The molecule has 0 saturated carbocycles. The summed E-state index contributed by atoms with van der Waals surface area (Å²) in [5.74, 6) is 0.0276. The van der Waals surface area contributed by atoms with Gasteiger partial charge in [0.05, 0.1) is 13.0 Å². The summed E-state index contributed by atoms with van der Waals surface area (Å²) in [4.78, 5) is 25.6. The number of rotatable bonds is 9. The van der Waals surface area contributed by atoms with Gasteiger partial charge in [-0.25, -0.2) is 4.79 Å². The van der Waals surface area contributed by atoms with E-state index in [-0.39, 0.29) is 5.91 Å². The fourth-order valence-electron chi connectivity index (χ4n) is 3.22. The fraction of sp³-hybridized carbons (Fsp3) is 0.200. The number of methoxy groups -OCH3 is 1. The van der Waals surface area contributed by atoms with Gasteiger partial charge in [0, 0.05) is 11.5 Å². The van der Waals surface area contributed by atoms with E-state index in [9.17, 15) is 9.59 Å². The number of esters is 1. The van der Waals surface area contributed by atoms with E-state index in [4.69, 9.17) is 4.74 Å². The number of carbonyl (C=O) groups is 2. The fourth-order valence-corrected chi connectivity index (χ4v) is 4.22. The largest absolute Gasteiger partial charge is 0.467 e. The number of thioether (sulfide) groups is 1. The van der Waals surface area contributed by atoms with Gasteiger partial charge < -0.3 is 10.1 Å². The van der Waals surface area contributed by atoms with Crippen LogP contribution in [0.4, 0.5) is 0 Å². The van der Waals surface area contributed by atoms with Crippen LogP contribution in [0.1, 0.15) is 22.6 Å². The Kier molecular flexibility index (Phi) is 8.10. The first-order valence-electron chi connectivity index (χ1n) is 9.79. The van der Waals surface area contributed by atoms with Crippen molar-refractivity contribution < 1.29 is 14.3 Å². The molecule has 0 aliphatic rings. The van der Waals surface area contributed by atoms with E-state index in [1.807, 2.05) is 91.0 Å². The highest BCUT2D eigenvalue weighted by Crippen LogP contribution is 2.25. The number of benzene rings is 3. The predicted octanol–water partition coefficient (Wildman–Crippen LogP) is 4.41. The summed E-state index contributed by atoms with van der Waals surface area (Å²) in [6, 6.07) is 28.5. The third kappa shape index (κ3) is 5.97. The van der Waals surface area contributed by atoms with E-state index < -0.39 is 17.9 Å². The average molecular weight is 420 g/mol. The zero-order valence-electron chi connectivity index (χ0n) is 16.9. The molecule has 1 unspecified atom stereocenters. The molecule has 0 heterocycles. The minimum Gasteiger partial charge on any atom is -0.467 e. The van der Waals surface area contributed by atoms with E-state index >= 15 is 0 Å². The molecule has 0 aliphatic carbocycles. The third-order valence-electron chi connectivity index (χ3n) is 4.73. The highest BCUT2D eigenvalue weighted by molar-refractivity contribution is 7.98. The molecular weight excluding hydrogens is 394 g/mol. The second-order valence-electron chi connectivity index (χ2n) is 6.84. The monoisotopic (exact) mass is 419 g/mol. The maximum atomic E-state index is 13.3. The van der Waals surface area contributed by atoms with Crippen LogP contribution in [0.15, 0.2) is 91.0 Å². The maximum absolute atomic E-state index is 13.3. The van der Waals surface area contributed by atoms with Crippen LogP contribution < -0.4 is 5.32 Å². The maximum Gasteiger partial charge on any atom is 0.329 e. The van der Waals surface area contributed by atoms with Crippen molar-refractivity contribution in [2.24, 2.45) is 0 Å². The normalized spacial score (nSPS) is 11.7. The summed E-state index contributed by atoms with van der Waals surface area (Å²) in [6.07, 6.45) is 0. The van der Waals surface area contributed by atoms with Crippen molar-refractivity contribution in [3.05, 3.63) is 108 Å². The van der Waals surface area contributed by atoms with Gasteiger partial charge in [-0.2, -0.15) is 11.8 Å². The van der Waals surface area contributed by atoms with E-state index in [1.54, 1.807) is 11.8 Å². The van der Waals surface area contributed by atoms with Gasteiger partial charge in [0.1, 0.15) is 6.04 Å². The molecule has 4 nitrogen and oxygen atoms in total. The number of hydrogen-bond acceptors (Lipinski definition) is 4. The minimum atomic E-state index is -0.717. The summed E-state index contributed by atoms with van der Waals surface area (Å²) in [7, 11) is 1.34. The Labute approximate surface area is 181 Å². The lowest BCUT2D eigenvalue weighted by Crippen LogP contribution is -2.45. The summed E-state index contributed by atoms with van der Waals surface area (Å²) in [6.45, 7) is 0. The Morgan fingerprint density at radius 3 is 1.83 bits per heavy atom. The standard InChI is InChI=1S/C25H25NO3S/c1-29-25(28)22(18-30-17-19-11-5-2-6-12-19)26-24(27)23(20-13-7-3-8-14-20)21-15-9-4-10-16-21/h2-16,22-23H,17-18H2,1H3,(H,26,27). The van der Waals surface area contributed by atoms with Crippen LogP contribution in [-0.4, -0.2) is 30.8 Å². The zero-order valence-corrected chi connectivity index (χ0v) is 17.7. The van der Waals surface area contributed by atoms with Gasteiger partial charge in [-0.1, -0.05) is 91.0 Å². The molecule has 0 aliphatic heterocycles. The molecule has 3 aromatic carbocycles. The van der Waals surface area contributed by atoms with Crippen LogP contribution in [0.25, 0.3) is 0 Å². The van der Waals surface area contributed by atoms with Gasteiger partial charge in [0.15, 0.2) is 0 Å². The van der Waals surface area contributed by atoms with Gasteiger partial charge in [0.25, 0.3) is 0 Å². The van der Waals surface area contributed by atoms with Gasteiger partial charge >= 0.3 is 5.97 Å². The third-order valence-corrected chi connectivity index (χ3v) is 5.83. The van der Waals surface area contributed by atoms with Crippen LogP contribution in [0.2, 0.25) is 0 Å². The first kappa shape index (κ1) is 21.7. The molecule has 0 radical (unpaired) electrons. The highest BCUT2D eigenvalue weighted by Gasteiger charge is 2.28. The van der Waals surface area contributed by atoms with Gasteiger partial charge in [-0.05, 0) is 16.7 Å². The molecule has 1 atom stereocenters. The van der Waals surface area contributed by atoms with Crippen molar-refractivity contribution in [1.82, 2.24) is 5.32 Å². The SMILES string of the molecule is COC(=O)C(CSCc1ccccc1)NC(=O)C(c1ccccc1)c1ccccc1. The van der Waals surface area contributed by atoms with Gasteiger partial charge in [-0.15, -0.1) is 0 Å². The molecule has 3 aromatic rings. The molecule has 0 spiro atoms.